The van der Waals surface area contributed by atoms with Gasteiger partial charge >= 0.3 is 6.09 Å². The molecule has 1 heterocycles. The fourth-order valence-corrected chi connectivity index (χ4v) is 2.54. The lowest BCUT2D eigenvalue weighted by Crippen LogP contribution is -2.35. The molecule has 1 aliphatic rings. The summed E-state index contributed by atoms with van der Waals surface area (Å²) in [5.74, 6) is -0.994. The summed E-state index contributed by atoms with van der Waals surface area (Å²) in [4.78, 5) is 25.2. The largest absolute Gasteiger partial charge is 0.442 e. The zero-order valence-corrected chi connectivity index (χ0v) is 13.2. The predicted octanol–water partition coefficient (Wildman–Crippen LogP) is 2.65. The van der Waals surface area contributed by atoms with Crippen molar-refractivity contribution in [3.8, 4) is 0 Å². The Labute approximate surface area is 143 Å². The van der Waals surface area contributed by atoms with Gasteiger partial charge in [0.05, 0.1) is 19.5 Å². The first-order chi connectivity index (χ1) is 12.0. The van der Waals surface area contributed by atoms with Crippen LogP contribution in [0.2, 0.25) is 0 Å². The number of halogens is 2. The van der Waals surface area contributed by atoms with Crippen molar-refractivity contribution in [1.29, 1.82) is 0 Å². The van der Waals surface area contributed by atoms with Crippen LogP contribution >= 0.6 is 0 Å². The van der Waals surface area contributed by atoms with Crippen molar-refractivity contribution < 1.29 is 23.1 Å². The molecule has 1 N–H and O–H groups in total. The SMILES string of the molecule is O=C(Cc1ccc(F)cc1)NCC1CN(c2ccc(F)cc2)C(=O)O1. The van der Waals surface area contributed by atoms with Crippen molar-refractivity contribution in [3.63, 3.8) is 0 Å². The molecule has 1 unspecified atom stereocenters. The van der Waals surface area contributed by atoms with E-state index < -0.39 is 12.2 Å². The third-order valence-corrected chi connectivity index (χ3v) is 3.82. The van der Waals surface area contributed by atoms with E-state index in [-0.39, 0.29) is 37.1 Å². The third-order valence-electron chi connectivity index (χ3n) is 3.82. The Kier molecular flexibility index (Phi) is 4.92. The number of anilines is 1. The van der Waals surface area contributed by atoms with E-state index in [4.69, 9.17) is 4.74 Å². The van der Waals surface area contributed by atoms with Gasteiger partial charge in [0.25, 0.3) is 0 Å². The molecule has 3 rings (SSSR count). The Bertz CT molecular complexity index is 763. The second-order valence-electron chi connectivity index (χ2n) is 5.70. The first kappa shape index (κ1) is 16.9. The van der Waals surface area contributed by atoms with Crippen molar-refractivity contribution >= 4 is 17.7 Å². The van der Waals surface area contributed by atoms with Gasteiger partial charge in [-0.05, 0) is 42.0 Å². The minimum absolute atomic E-state index is 0.114. The van der Waals surface area contributed by atoms with E-state index in [2.05, 4.69) is 5.32 Å². The highest BCUT2D eigenvalue weighted by molar-refractivity contribution is 5.89. The molecule has 130 valence electrons. The van der Waals surface area contributed by atoms with Crippen LogP contribution in [0.25, 0.3) is 0 Å². The number of carbonyl (C=O) groups excluding carboxylic acids is 2. The number of carbonyl (C=O) groups is 2. The maximum atomic E-state index is 13.0. The fourth-order valence-electron chi connectivity index (χ4n) is 2.54. The van der Waals surface area contributed by atoms with E-state index in [1.807, 2.05) is 0 Å². The Hall–Kier alpha value is -2.96. The Morgan fingerprint density at radius 1 is 1.08 bits per heavy atom. The zero-order valence-electron chi connectivity index (χ0n) is 13.2. The van der Waals surface area contributed by atoms with Gasteiger partial charge in [-0.25, -0.2) is 13.6 Å². The predicted molar refractivity (Wildman–Crippen MR) is 87.1 cm³/mol. The Morgan fingerprint density at radius 2 is 1.68 bits per heavy atom. The number of amides is 2. The molecule has 2 amide bonds. The van der Waals surface area contributed by atoms with E-state index in [1.165, 1.54) is 41.3 Å². The third kappa shape index (κ3) is 4.32. The van der Waals surface area contributed by atoms with E-state index in [9.17, 15) is 18.4 Å². The van der Waals surface area contributed by atoms with Gasteiger partial charge in [0.1, 0.15) is 17.7 Å². The average Bonchev–Trinajstić information content (AvgIpc) is 2.97. The number of ether oxygens (including phenoxy) is 1. The highest BCUT2D eigenvalue weighted by Crippen LogP contribution is 2.21. The van der Waals surface area contributed by atoms with Gasteiger partial charge in [0.2, 0.25) is 5.91 Å². The van der Waals surface area contributed by atoms with Crippen LogP contribution < -0.4 is 10.2 Å². The molecule has 1 aliphatic heterocycles. The molecule has 25 heavy (non-hydrogen) atoms. The molecule has 0 radical (unpaired) electrons. The molecule has 0 bridgehead atoms. The molecule has 0 spiro atoms. The minimum Gasteiger partial charge on any atom is -0.442 e. The summed E-state index contributed by atoms with van der Waals surface area (Å²) >= 11 is 0. The lowest BCUT2D eigenvalue weighted by Gasteiger charge is -2.13. The highest BCUT2D eigenvalue weighted by atomic mass is 19.1. The summed E-state index contributed by atoms with van der Waals surface area (Å²) in [5, 5.41) is 2.69. The number of hydrogen-bond acceptors (Lipinski definition) is 3. The van der Waals surface area contributed by atoms with Gasteiger partial charge in [-0.2, -0.15) is 0 Å². The van der Waals surface area contributed by atoms with Crippen LogP contribution in [0.3, 0.4) is 0 Å². The zero-order chi connectivity index (χ0) is 17.8. The molecular formula is C18H16F2N2O3. The van der Waals surface area contributed by atoms with Crippen LogP contribution in [0.1, 0.15) is 5.56 Å². The first-order valence-corrected chi connectivity index (χ1v) is 7.76. The van der Waals surface area contributed by atoms with Gasteiger partial charge in [0, 0.05) is 5.69 Å². The summed E-state index contributed by atoms with van der Waals surface area (Å²) in [6, 6.07) is 11.2. The number of nitrogens with one attached hydrogen (secondary N) is 1. The number of benzene rings is 2. The number of cyclic esters (lactones) is 1. The second kappa shape index (κ2) is 7.29. The second-order valence-corrected chi connectivity index (χ2v) is 5.70. The molecule has 2 aromatic carbocycles. The molecule has 0 saturated carbocycles. The van der Waals surface area contributed by atoms with Crippen molar-refractivity contribution in [1.82, 2.24) is 5.32 Å². The quantitative estimate of drug-likeness (QED) is 0.905. The lowest BCUT2D eigenvalue weighted by molar-refractivity contribution is -0.120. The number of hydrogen-bond donors (Lipinski definition) is 1. The monoisotopic (exact) mass is 346 g/mol. The minimum atomic E-state index is -0.538. The number of nitrogens with zero attached hydrogens (tertiary/aromatic N) is 1. The van der Waals surface area contributed by atoms with E-state index in [1.54, 1.807) is 12.1 Å². The standard InChI is InChI=1S/C18H16F2N2O3/c19-13-3-1-12(2-4-13)9-17(23)21-10-16-11-22(18(24)25-16)15-7-5-14(20)6-8-15/h1-8,16H,9-11H2,(H,21,23). The van der Waals surface area contributed by atoms with Crippen LogP contribution in [0.5, 0.6) is 0 Å². The normalized spacial score (nSPS) is 16.6. The summed E-state index contributed by atoms with van der Waals surface area (Å²) in [5.41, 5.74) is 1.22. The molecule has 1 saturated heterocycles. The molecule has 1 atom stereocenters. The van der Waals surface area contributed by atoms with E-state index >= 15 is 0 Å². The van der Waals surface area contributed by atoms with Crippen LogP contribution in [0.15, 0.2) is 48.5 Å². The van der Waals surface area contributed by atoms with Crippen LogP contribution in [-0.4, -0.2) is 31.2 Å². The molecule has 0 aromatic heterocycles. The van der Waals surface area contributed by atoms with E-state index in [0.717, 1.165) is 0 Å². The van der Waals surface area contributed by atoms with Crippen molar-refractivity contribution in [2.24, 2.45) is 0 Å². The maximum Gasteiger partial charge on any atom is 0.414 e. The topological polar surface area (TPSA) is 58.6 Å². The number of rotatable bonds is 5. The van der Waals surface area contributed by atoms with Gasteiger partial charge in [-0.3, -0.25) is 9.69 Å². The lowest BCUT2D eigenvalue weighted by atomic mass is 10.1. The van der Waals surface area contributed by atoms with Gasteiger partial charge in [-0.15, -0.1) is 0 Å². The molecule has 5 nitrogen and oxygen atoms in total. The van der Waals surface area contributed by atoms with Crippen molar-refractivity contribution in [2.75, 3.05) is 18.0 Å². The summed E-state index contributed by atoms with van der Waals surface area (Å²) in [6.07, 6.45) is -0.915. The van der Waals surface area contributed by atoms with Crippen LogP contribution in [-0.2, 0) is 16.0 Å². The molecule has 7 heteroatoms. The summed E-state index contributed by atoms with van der Waals surface area (Å²) in [7, 11) is 0. The average molecular weight is 346 g/mol. The first-order valence-electron chi connectivity index (χ1n) is 7.76. The highest BCUT2D eigenvalue weighted by Gasteiger charge is 2.32. The van der Waals surface area contributed by atoms with Crippen molar-refractivity contribution in [3.05, 3.63) is 65.7 Å². The molecule has 0 aliphatic carbocycles. The Balaban J connectivity index is 1.50. The van der Waals surface area contributed by atoms with Gasteiger partial charge < -0.3 is 10.1 Å². The molecule has 1 fully saturated rings. The summed E-state index contributed by atoms with van der Waals surface area (Å²) in [6.45, 7) is 0.435. The van der Waals surface area contributed by atoms with Crippen LogP contribution in [0, 0.1) is 11.6 Å². The van der Waals surface area contributed by atoms with Gasteiger partial charge in [0.15, 0.2) is 0 Å². The fraction of sp³-hybridized carbons (Fsp3) is 0.222. The van der Waals surface area contributed by atoms with Crippen molar-refractivity contribution in [2.45, 2.75) is 12.5 Å². The van der Waals surface area contributed by atoms with Gasteiger partial charge in [-0.1, -0.05) is 12.1 Å². The smallest absolute Gasteiger partial charge is 0.414 e. The summed E-state index contributed by atoms with van der Waals surface area (Å²) < 4.78 is 31.0. The molecular weight excluding hydrogens is 330 g/mol. The van der Waals surface area contributed by atoms with E-state index in [0.29, 0.717) is 11.3 Å². The molecule has 2 aromatic rings. The Morgan fingerprint density at radius 3 is 2.32 bits per heavy atom. The van der Waals surface area contributed by atoms with Crippen LogP contribution in [0.4, 0.5) is 19.3 Å². The maximum absolute atomic E-state index is 13.0.